The fourth-order valence-corrected chi connectivity index (χ4v) is 3.63. The number of hydrogen-bond donors (Lipinski definition) is 1. The quantitative estimate of drug-likeness (QED) is 0.207. The van der Waals surface area contributed by atoms with Crippen molar-refractivity contribution < 1.29 is 14.5 Å². The molecule has 0 saturated heterocycles. The van der Waals surface area contributed by atoms with Crippen molar-refractivity contribution in [3.8, 4) is 5.75 Å². The lowest BCUT2D eigenvalue weighted by Gasteiger charge is -2.16. The van der Waals surface area contributed by atoms with E-state index in [9.17, 15) is 14.9 Å². The lowest BCUT2D eigenvalue weighted by Crippen LogP contribution is -2.15. The van der Waals surface area contributed by atoms with E-state index in [2.05, 4.69) is 22.1 Å². The maximum absolute atomic E-state index is 12.3. The molecule has 9 nitrogen and oxygen atoms in total. The maximum Gasteiger partial charge on any atom is 0.269 e. The number of hydrogen-bond acceptors (Lipinski definition) is 7. The highest BCUT2D eigenvalue weighted by molar-refractivity contribution is 7.99. The Hall–Kier alpha value is -3.66. The first-order valence-electron chi connectivity index (χ1n) is 9.81. The van der Waals surface area contributed by atoms with Crippen molar-refractivity contribution in [1.29, 1.82) is 0 Å². The normalized spacial score (nSPS) is 11.6. The van der Waals surface area contributed by atoms with Gasteiger partial charge in [0.25, 0.3) is 5.69 Å². The number of nitrogens with zero attached hydrogens (tertiary/aromatic N) is 4. The van der Waals surface area contributed by atoms with Crippen LogP contribution >= 0.6 is 11.8 Å². The molecular formula is C22H23N5O4S. The number of nitrogens with one attached hydrogen (secondary N) is 1. The number of amides is 1. The number of aryl methyl sites for hydroxylation is 1. The van der Waals surface area contributed by atoms with E-state index in [1.54, 1.807) is 6.08 Å². The smallest absolute Gasteiger partial charge is 0.269 e. The number of allylic oxidation sites excluding steroid dienone is 1. The Morgan fingerprint density at radius 2 is 1.94 bits per heavy atom. The molecule has 3 aromatic rings. The summed E-state index contributed by atoms with van der Waals surface area (Å²) < 4.78 is 7.85. The Balaban J connectivity index is 1.64. The molecule has 0 saturated carbocycles. The first kappa shape index (κ1) is 23.0. The number of ether oxygens (including phenoxy) is 1. The SMILES string of the molecule is C=CCn1c(SCC(=O)Nc2ccc([N+](=O)[O-])cc2)nnc1C(C)Oc1ccc(C)cc1. The summed E-state index contributed by atoms with van der Waals surface area (Å²) in [5.74, 6) is 1.19. The lowest BCUT2D eigenvalue weighted by atomic mass is 10.2. The Bertz CT molecular complexity index is 1100. The Kier molecular flexibility index (Phi) is 7.61. The molecule has 166 valence electrons. The molecule has 1 amide bonds. The molecule has 10 heteroatoms. The van der Waals surface area contributed by atoms with Crippen molar-refractivity contribution in [1.82, 2.24) is 14.8 Å². The highest BCUT2D eigenvalue weighted by Gasteiger charge is 2.20. The van der Waals surface area contributed by atoms with E-state index in [0.29, 0.717) is 23.2 Å². The van der Waals surface area contributed by atoms with Gasteiger partial charge in [-0.3, -0.25) is 19.5 Å². The molecule has 1 N–H and O–H groups in total. The van der Waals surface area contributed by atoms with Crippen LogP contribution in [0.5, 0.6) is 5.75 Å². The summed E-state index contributed by atoms with van der Waals surface area (Å²) in [5.41, 5.74) is 1.59. The summed E-state index contributed by atoms with van der Waals surface area (Å²) in [5, 5.41) is 22.5. The Labute approximate surface area is 189 Å². The third-order valence-corrected chi connectivity index (χ3v) is 5.42. The minimum atomic E-state index is -0.491. The lowest BCUT2D eigenvalue weighted by molar-refractivity contribution is -0.384. The number of nitro benzene ring substituents is 1. The van der Waals surface area contributed by atoms with Crippen molar-refractivity contribution in [3.63, 3.8) is 0 Å². The third kappa shape index (κ3) is 5.94. The van der Waals surface area contributed by atoms with Gasteiger partial charge >= 0.3 is 0 Å². The molecule has 0 aliphatic rings. The van der Waals surface area contributed by atoms with Gasteiger partial charge in [0.2, 0.25) is 5.91 Å². The predicted octanol–water partition coefficient (Wildman–Crippen LogP) is 4.55. The van der Waals surface area contributed by atoms with Gasteiger partial charge in [0, 0.05) is 24.4 Å². The summed E-state index contributed by atoms with van der Waals surface area (Å²) in [7, 11) is 0. The van der Waals surface area contributed by atoms with Crippen LogP contribution in [-0.2, 0) is 11.3 Å². The van der Waals surface area contributed by atoms with Gasteiger partial charge in [0.1, 0.15) is 5.75 Å². The summed E-state index contributed by atoms with van der Waals surface area (Å²) in [6.45, 7) is 8.15. The molecular weight excluding hydrogens is 430 g/mol. The van der Waals surface area contributed by atoms with Crippen LogP contribution in [0.2, 0.25) is 0 Å². The topological polar surface area (TPSA) is 112 Å². The van der Waals surface area contributed by atoms with Gasteiger partial charge in [-0.15, -0.1) is 16.8 Å². The molecule has 0 spiro atoms. The molecule has 2 aromatic carbocycles. The minimum Gasteiger partial charge on any atom is -0.483 e. The minimum absolute atomic E-state index is 0.0376. The average Bonchev–Trinajstić information content (AvgIpc) is 3.17. The zero-order chi connectivity index (χ0) is 23.1. The van der Waals surface area contributed by atoms with Gasteiger partial charge < -0.3 is 10.1 Å². The maximum atomic E-state index is 12.3. The van der Waals surface area contributed by atoms with E-state index in [1.165, 1.54) is 36.0 Å². The van der Waals surface area contributed by atoms with Gasteiger partial charge in [0.15, 0.2) is 17.1 Å². The number of carbonyl (C=O) groups excluding carboxylic acids is 1. The van der Waals surface area contributed by atoms with Crippen LogP contribution in [0.4, 0.5) is 11.4 Å². The molecule has 0 radical (unpaired) electrons. The second-order valence-electron chi connectivity index (χ2n) is 6.95. The number of rotatable bonds is 10. The summed E-state index contributed by atoms with van der Waals surface area (Å²) in [6, 6.07) is 13.4. The number of thioether (sulfide) groups is 1. The van der Waals surface area contributed by atoms with Crippen LogP contribution in [0.1, 0.15) is 24.4 Å². The van der Waals surface area contributed by atoms with Crippen LogP contribution < -0.4 is 10.1 Å². The summed E-state index contributed by atoms with van der Waals surface area (Å²) in [4.78, 5) is 22.6. The molecule has 3 rings (SSSR count). The zero-order valence-electron chi connectivity index (χ0n) is 17.7. The van der Waals surface area contributed by atoms with Crippen molar-refractivity contribution in [2.24, 2.45) is 0 Å². The van der Waals surface area contributed by atoms with Crippen molar-refractivity contribution in [2.75, 3.05) is 11.1 Å². The highest BCUT2D eigenvalue weighted by atomic mass is 32.2. The zero-order valence-corrected chi connectivity index (χ0v) is 18.5. The number of anilines is 1. The number of non-ortho nitro benzene ring substituents is 1. The molecule has 1 heterocycles. The van der Waals surface area contributed by atoms with Crippen molar-refractivity contribution >= 4 is 29.0 Å². The molecule has 1 aromatic heterocycles. The van der Waals surface area contributed by atoms with E-state index < -0.39 is 4.92 Å². The van der Waals surface area contributed by atoms with Gasteiger partial charge in [-0.25, -0.2) is 0 Å². The molecule has 0 bridgehead atoms. The standard InChI is InChI=1S/C22H23N5O4S/c1-4-13-26-21(16(3)31-19-11-5-15(2)6-12-19)24-25-22(26)32-14-20(28)23-17-7-9-18(10-8-17)27(29)30/h4-12,16H,1,13-14H2,2-3H3,(H,23,28). The number of carbonyl (C=O) groups is 1. The van der Waals surface area contributed by atoms with Crippen LogP contribution in [0, 0.1) is 17.0 Å². The van der Waals surface area contributed by atoms with Crippen LogP contribution in [0.25, 0.3) is 0 Å². The van der Waals surface area contributed by atoms with E-state index in [-0.39, 0.29) is 23.5 Å². The summed E-state index contributed by atoms with van der Waals surface area (Å²) in [6.07, 6.45) is 1.38. The fourth-order valence-electron chi connectivity index (χ4n) is 2.88. The largest absolute Gasteiger partial charge is 0.483 e. The Morgan fingerprint density at radius 1 is 1.25 bits per heavy atom. The summed E-state index contributed by atoms with van der Waals surface area (Å²) >= 11 is 1.23. The third-order valence-electron chi connectivity index (χ3n) is 4.45. The van der Waals surface area contributed by atoms with Gasteiger partial charge in [0.05, 0.1) is 10.7 Å². The monoisotopic (exact) mass is 453 g/mol. The molecule has 1 atom stereocenters. The fraction of sp³-hybridized carbons (Fsp3) is 0.227. The van der Waals surface area contributed by atoms with Crippen LogP contribution in [0.3, 0.4) is 0 Å². The number of benzene rings is 2. The molecule has 1 unspecified atom stereocenters. The van der Waals surface area contributed by atoms with Gasteiger partial charge in [-0.1, -0.05) is 35.5 Å². The van der Waals surface area contributed by atoms with Crippen molar-refractivity contribution in [2.45, 2.75) is 31.7 Å². The first-order chi connectivity index (χ1) is 15.4. The number of aromatic nitrogens is 3. The Morgan fingerprint density at radius 3 is 2.56 bits per heavy atom. The van der Waals surface area contributed by atoms with Crippen LogP contribution in [-0.4, -0.2) is 31.3 Å². The van der Waals surface area contributed by atoms with E-state index in [4.69, 9.17) is 4.74 Å². The number of nitro groups is 1. The van der Waals surface area contributed by atoms with Crippen LogP contribution in [0.15, 0.2) is 66.3 Å². The molecule has 0 aliphatic carbocycles. The van der Waals surface area contributed by atoms with E-state index in [0.717, 1.165) is 11.3 Å². The molecule has 0 fully saturated rings. The van der Waals surface area contributed by atoms with Gasteiger partial charge in [-0.2, -0.15) is 0 Å². The van der Waals surface area contributed by atoms with Gasteiger partial charge in [-0.05, 0) is 38.1 Å². The highest BCUT2D eigenvalue weighted by Crippen LogP contribution is 2.25. The van der Waals surface area contributed by atoms with E-state index >= 15 is 0 Å². The predicted molar refractivity (Wildman–Crippen MR) is 123 cm³/mol. The molecule has 32 heavy (non-hydrogen) atoms. The molecule has 0 aliphatic heterocycles. The second-order valence-corrected chi connectivity index (χ2v) is 7.90. The average molecular weight is 454 g/mol. The second kappa shape index (κ2) is 10.6. The van der Waals surface area contributed by atoms with E-state index in [1.807, 2.05) is 42.7 Å². The first-order valence-corrected chi connectivity index (χ1v) is 10.8. The van der Waals surface area contributed by atoms with Crippen molar-refractivity contribution in [3.05, 3.63) is 82.7 Å².